The Kier molecular flexibility index (Phi) is 3.33. The Bertz CT molecular complexity index is 667. The molecule has 0 saturated carbocycles. The molecule has 0 unspecified atom stereocenters. The van der Waals surface area contributed by atoms with Gasteiger partial charge in [0.1, 0.15) is 11.5 Å². The first-order chi connectivity index (χ1) is 10.0. The van der Waals surface area contributed by atoms with Crippen LogP contribution in [0.1, 0.15) is 16.8 Å². The molecule has 0 radical (unpaired) electrons. The van der Waals surface area contributed by atoms with Crippen molar-refractivity contribution in [2.75, 3.05) is 11.4 Å². The predicted molar refractivity (Wildman–Crippen MR) is 74.3 cm³/mol. The second-order valence-corrected chi connectivity index (χ2v) is 4.91. The maximum absolute atomic E-state index is 12.9. The largest absolute Gasteiger partial charge is 0.433 e. The van der Waals surface area contributed by atoms with Crippen molar-refractivity contribution in [3.05, 3.63) is 53.2 Å². The first kappa shape index (κ1) is 13.9. The normalized spacial score (nSPS) is 14.4. The summed E-state index contributed by atoms with van der Waals surface area (Å²) in [7, 11) is 0. The van der Waals surface area contributed by atoms with E-state index in [0.717, 1.165) is 23.7 Å². The van der Waals surface area contributed by atoms with Crippen LogP contribution < -0.4 is 10.6 Å². The lowest BCUT2D eigenvalue weighted by molar-refractivity contribution is -0.141. The quantitative estimate of drug-likeness (QED) is 0.924. The monoisotopic (exact) mass is 293 g/mol. The van der Waals surface area contributed by atoms with Crippen LogP contribution in [-0.4, -0.2) is 11.5 Å². The van der Waals surface area contributed by atoms with Crippen LogP contribution in [0.2, 0.25) is 0 Å². The van der Waals surface area contributed by atoms with Gasteiger partial charge in [0.05, 0.1) is 0 Å². The number of benzene rings is 1. The van der Waals surface area contributed by atoms with Crippen LogP contribution in [0.4, 0.5) is 24.7 Å². The molecular formula is C15H14F3N3. The number of pyridine rings is 1. The van der Waals surface area contributed by atoms with E-state index in [1.165, 1.54) is 6.07 Å². The lowest BCUT2D eigenvalue weighted by Gasteiger charge is -2.22. The van der Waals surface area contributed by atoms with Crippen molar-refractivity contribution in [3.63, 3.8) is 0 Å². The van der Waals surface area contributed by atoms with Crippen LogP contribution in [0.15, 0.2) is 36.4 Å². The van der Waals surface area contributed by atoms with Gasteiger partial charge in [-0.05, 0) is 24.1 Å². The summed E-state index contributed by atoms with van der Waals surface area (Å²) in [6.07, 6.45) is -3.67. The molecule has 110 valence electrons. The molecule has 0 fully saturated rings. The number of hydrogen-bond acceptors (Lipinski definition) is 3. The number of rotatable bonds is 2. The summed E-state index contributed by atoms with van der Waals surface area (Å²) >= 11 is 0. The Balaban J connectivity index is 2.10. The minimum Gasteiger partial charge on any atom is -0.326 e. The number of hydrogen-bond donors (Lipinski definition) is 1. The first-order valence-corrected chi connectivity index (χ1v) is 6.63. The van der Waals surface area contributed by atoms with Crippen LogP contribution >= 0.6 is 0 Å². The Morgan fingerprint density at radius 1 is 1.14 bits per heavy atom. The molecule has 21 heavy (non-hydrogen) atoms. The van der Waals surface area contributed by atoms with Crippen molar-refractivity contribution in [2.24, 2.45) is 5.73 Å². The Hall–Kier alpha value is -2.08. The Labute approximate surface area is 120 Å². The average molecular weight is 293 g/mol. The molecule has 2 N–H and O–H groups in total. The van der Waals surface area contributed by atoms with Crippen molar-refractivity contribution >= 4 is 11.5 Å². The summed E-state index contributed by atoms with van der Waals surface area (Å²) in [4.78, 5) is 5.63. The van der Waals surface area contributed by atoms with Crippen molar-refractivity contribution < 1.29 is 13.2 Å². The van der Waals surface area contributed by atoms with Crippen LogP contribution in [0, 0.1) is 0 Å². The minimum atomic E-state index is -4.46. The van der Waals surface area contributed by atoms with E-state index in [-0.39, 0.29) is 6.54 Å². The summed E-state index contributed by atoms with van der Waals surface area (Å²) in [5, 5.41) is 0. The van der Waals surface area contributed by atoms with E-state index in [2.05, 4.69) is 4.98 Å². The SMILES string of the molecule is NCc1ccc(C(F)(F)F)nc1N1CCc2ccccc21. The van der Waals surface area contributed by atoms with Gasteiger partial charge in [0.15, 0.2) is 0 Å². The van der Waals surface area contributed by atoms with Gasteiger partial charge in [-0.25, -0.2) is 4.98 Å². The highest BCUT2D eigenvalue weighted by atomic mass is 19.4. The molecule has 2 aromatic rings. The predicted octanol–water partition coefficient (Wildman–Crippen LogP) is 3.25. The van der Waals surface area contributed by atoms with E-state index in [0.29, 0.717) is 17.9 Å². The third-order valence-corrected chi connectivity index (χ3v) is 3.61. The van der Waals surface area contributed by atoms with Gasteiger partial charge in [-0.15, -0.1) is 0 Å². The molecule has 1 aromatic heterocycles. The zero-order valence-corrected chi connectivity index (χ0v) is 11.2. The molecule has 0 saturated heterocycles. The minimum absolute atomic E-state index is 0.152. The number of para-hydroxylation sites is 1. The molecule has 0 spiro atoms. The zero-order valence-electron chi connectivity index (χ0n) is 11.2. The van der Waals surface area contributed by atoms with Gasteiger partial charge < -0.3 is 10.6 Å². The topological polar surface area (TPSA) is 42.1 Å². The fraction of sp³-hybridized carbons (Fsp3) is 0.267. The highest BCUT2D eigenvalue weighted by molar-refractivity contribution is 5.69. The molecule has 1 aliphatic heterocycles. The van der Waals surface area contributed by atoms with E-state index >= 15 is 0 Å². The van der Waals surface area contributed by atoms with Crippen molar-refractivity contribution in [2.45, 2.75) is 19.1 Å². The third kappa shape index (κ3) is 2.47. The molecule has 1 aromatic carbocycles. The molecule has 2 heterocycles. The molecule has 3 rings (SSSR count). The maximum atomic E-state index is 12.9. The lowest BCUT2D eigenvalue weighted by atomic mass is 10.1. The van der Waals surface area contributed by atoms with Crippen molar-refractivity contribution in [1.82, 2.24) is 4.98 Å². The zero-order chi connectivity index (χ0) is 15.0. The standard InChI is InChI=1S/C15H14F3N3/c16-15(17,18)13-6-5-11(9-19)14(20-13)21-8-7-10-3-1-2-4-12(10)21/h1-6H,7-9,19H2. The van der Waals surface area contributed by atoms with E-state index < -0.39 is 11.9 Å². The number of nitrogens with two attached hydrogens (primary N) is 1. The van der Waals surface area contributed by atoms with Gasteiger partial charge in [-0.1, -0.05) is 24.3 Å². The van der Waals surface area contributed by atoms with E-state index in [9.17, 15) is 13.2 Å². The molecular weight excluding hydrogens is 279 g/mol. The van der Waals surface area contributed by atoms with Crippen LogP contribution in [0.25, 0.3) is 0 Å². The number of anilines is 2. The summed E-state index contributed by atoms with van der Waals surface area (Å²) in [6.45, 7) is 0.764. The summed E-state index contributed by atoms with van der Waals surface area (Å²) in [5.41, 5.74) is 7.38. The maximum Gasteiger partial charge on any atom is 0.433 e. The number of aromatic nitrogens is 1. The summed E-state index contributed by atoms with van der Waals surface area (Å²) in [5.74, 6) is 0.303. The molecule has 0 atom stereocenters. The summed E-state index contributed by atoms with van der Waals surface area (Å²) in [6, 6.07) is 10.0. The smallest absolute Gasteiger partial charge is 0.326 e. The highest BCUT2D eigenvalue weighted by Crippen LogP contribution is 2.37. The van der Waals surface area contributed by atoms with Crippen LogP contribution in [0.3, 0.4) is 0 Å². The lowest BCUT2D eigenvalue weighted by Crippen LogP contribution is -2.20. The van der Waals surface area contributed by atoms with Gasteiger partial charge in [-0.3, -0.25) is 0 Å². The van der Waals surface area contributed by atoms with Gasteiger partial charge in [0.2, 0.25) is 0 Å². The van der Waals surface area contributed by atoms with Gasteiger partial charge in [0, 0.05) is 24.3 Å². The number of alkyl halides is 3. The molecule has 6 heteroatoms. The van der Waals surface area contributed by atoms with Crippen molar-refractivity contribution in [1.29, 1.82) is 0 Å². The molecule has 3 nitrogen and oxygen atoms in total. The first-order valence-electron chi connectivity index (χ1n) is 6.63. The molecule has 0 aliphatic carbocycles. The number of nitrogens with zero attached hydrogens (tertiary/aromatic N) is 2. The Morgan fingerprint density at radius 2 is 1.90 bits per heavy atom. The summed E-state index contributed by atoms with van der Waals surface area (Å²) < 4.78 is 38.6. The number of halogens is 3. The average Bonchev–Trinajstić information content (AvgIpc) is 2.89. The van der Waals surface area contributed by atoms with E-state index in [1.807, 2.05) is 29.2 Å². The third-order valence-electron chi connectivity index (χ3n) is 3.61. The van der Waals surface area contributed by atoms with E-state index in [1.54, 1.807) is 0 Å². The van der Waals surface area contributed by atoms with Crippen LogP contribution in [-0.2, 0) is 19.1 Å². The van der Waals surface area contributed by atoms with Gasteiger partial charge >= 0.3 is 6.18 Å². The van der Waals surface area contributed by atoms with Crippen molar-refractivity contribution in [3.8, 4) is 0 Å². The number of fused-ring (bicyclic) bond motifs is 1. The van der Waals surface area contributed by atoms with Crippen LogP contribution in [0.5, 0.6) is 0 Å². The van der Waals surface area contributed by atoms with E-state index in [4.69, 9.17) is 5.73 Å². The molecule has 0 bridgehead atoms. The molecule has 1 aliphatic rings. The highest BCUT2D eigenvalue weighted by Gasteiger charge is 2.34. The fourth-order valence-corrected chi connectivity index (χ4v) is 2.59. The fourth-order valence-electron chi connectivity index (χ4n) is 2.59. The Morgan fingerprint density at radius 3 is 2.62 bits per heavy atom. The van der Waals surface area contributed by atoms with Gasteiger partial charge in [-0.2, -0.15) is 13.2 Å². The molecule has 0 amide bonds. The van der Waals surface area contributed by atoms with Gasteiger partial charge in [0.25, 0.3) is 0 Å². The second-order valence-electron chi connectivity index (χ2n) is 4.91. The second kappa shape index (κ2) is 5.04.